The maximum atomic E-state index is 12.1. The van der Waals surface area contributed by atoms with Crippen LogP contribution in [0.5, 0.6) is 0 Å². The van der Waals surface area contributed by atoms with E-state index in [9.17, 15) is 4.79 Å². The Balaban J connectivity index is 2.09. The first-order valence-electron chi connectivity index (χ1n) is 6.13. The van der Waals surface area contributed by atoms with E-state index in [0.29, 0.717) is 22.7 Å². The first-order chi connectivity index (χ1) is 9.60. The average molecular weight is 285 g/mol. The van der Waals surface area contributed by atoms with Gasteiger partial charge in [-0.3, -0.25) is 4.79 Å². The smallest absolute Gasteiger partial charge is 0.251 e. The molecule has 0 unspecified atom stereocenters. The molecule has 100 valence electrons. The molecule has 1 amide bonds. The highest BCUT2D eigenvalue weighted by Crippen LogP contribution is 2.15. The van der Waals surface area contributed by atoms with Crippen LogP contribution >= 0.6 is 11.6 Å². The van der Waals surface area contributed by atoms with Crippen molar-refractivity contribution >= 4 is 17.5 Å². The lowest BCUT2D eigenvalue weighted by molar-refractivity contribution is 0.0950. The molecule has 2 aromatic carbocycles. The molecule has 2 aromatic rings. The first kappa shape index (κ1) is 14.1. The Morgan fingerprint density at radius 3 is 2.85 bits per heavy atom. The Kier molecular flexibility index (Phi) is 4.39. The summed E-state index contributed by atoms with van der Waals surface area (Å²) in [6.07, 6.45) is 0. The maximum absolute atomic E-state index is 12.1. The van der Waals surface area contributed by atoms with Gasteiger partial charge in [-0.05, 0) is 42.3 Å². The number of hydrogen-bond acceptors (Lipinski definition) is 2. The fourth-order valence-corrected chi connectivity index (χ4v) is 2.04. The van der Waals surface area contributed by atoms with Crippen molar-refractivity contribution < 1.29 is 4.79 Å². The molecule has 20 heavy (non-hydrogen) atoms. The molecule has 0 saturated carbocycles. The topological polar surface area (TPSA) is 52.9 Å². The molecule has 0 aromatic heterocycles. The van der Waals surface area contributed by atoms with Gasteiger partial charge < -0.3 is 5.32 Å². The molecule has 0 bridgehead atoms. The van der Waals surface area contributed by atoms with Gasteiger partial charge in [0.15, 0.2) is 0 Å². The highest BCUT2D eigenvalue weighted by atomic mass is 35.5. The van der Waals surface area contributed by atoms with Crippen LogP contribution in [0.25, 0.3) is 0 Å². The number of nitriles is 1. The van der Waals surface area contributed by atoms with Crippen molar-refractivity contribution in [3.05, 3.63) is 69.7 Å². The number of hydrogen-bond donors (Lipinski definition) is 1. The minimum atomic E-state index is -0.174. The van der Waals surface area contributed by atoms with Crippen LogP contribution < -0.4 is 5.32 Å². The Labute approximate surface area is 122 Å². The van der Waals surface area contributed by atoms with Gasteiger partial charge in [-0.1, -0.05) is 29.8 Å². The van der Waals surface area contributed by atoms with E-state index in [1.807, 2.05) is 19.1 Å². The van der Waals surface area contributed by atoms with Gasteiger partial charge >= 0.3 is 0 Å². The fraction of sp³-hybridized carbons (Fsp3) is 0.125. The third-order valence-corrected chi connectivity index (χ3v) is 3.19. The normalized spacial score (nSPS) is 9.85. The Morgan fingerprint density at radius 1 is 1.30 bits per heavy atom. The van der Waals surface area contributed by atoms with E-state index < -0.39 is 0 Å². The van der Waals surface area contributed by atoms with E-state index in [1.165, 1.54) is 0 Å². The molecule has 3 nitrogen and oxygen atoms in total. The van der Waals surface area contributed by atoms with E-state index in [1.54, 1.807) is 30.3 Å². The fourth-order valence-electron chi connectivity index (χ4n) is 1.87. The van der Waals surface area contributed by atoms with Crippen LogP contribution in [0.3, 0.4) is 0 Å². The van der Waals surface area contributed by atoms with Gasteiger partial charge in [-0.25, -0.2) is 0 Å². The summed E-state index contributed by atoms with van der Waals surface area (Å²) in [6.45, 7) is 2.24. The zero-order valence-corrected chi connectivity index (χ0v) is 11.7. The van der Waals surface area contributed by atoms with Gasteiger partial charge in [0.05, 0.1) is 11.6 Å². The Morgan fingerprint density at radius 2 is 2.10 bits per heavy atom. The van der Waals surface area contributed by atoms with Crippen LogP contribution in [-0.2, 0) is 6.54 Å². The van der Waals surface area contributed by atoms with E-state index in [4.69, 9.17) is 16.9 Å². The van der Waals surface area contributed by atoms with Crippen LogP contribution in [0.4, 0.5) is 0 Å². The number of carbonyl (C=O) groups is 1. The summed E-state index contributed by atoms with van der Waals surface area (Å²) < 4.78 is 0. The molecule has 0 aliphatic carbocycles. The van der Waals surface area contributed by atoms with E-state index in [2.05, 4.69) is 11.4 Å². The van der Waals surface area contributed by atoms with Gasteiger partial charge in [0.2, 0.25) is 0 Å². The van der Waals surface area contributed by atoms with Gasteiger partial charge in [0.1, 0.15) is 0 Å². The average Bonchev–Trinajstić information content (AvgIpc) is 2.47. The van der Waals surface area contributed by atoms with E-state index in [0.717, 1.165) is 11.1 Å². The number of benzene rings is 2. The number of amides is 1. The molecule has 0 radical (unpaired) electrons. The summed E-state index contributed by atoms with van der Waals surface area (Å²) in [7, 11) is 0. The highest BCUT2D eigenvalue weighted by Gasteiger charge is 2.09. The van der Waals surface area contributed by atoms with E-state index >= 15 is 0 Å². The summed E-state index contributed by atoms with van der Waals surface area (Å²) in [5.41, 5.74) is 2.90. The number of nitrogens with zero attached hydrogens (tertiary/aromatic N) is 1. The van der Waals surface area contributed by atoms with E-state index in [-0.39, 0.29) is 5.91 Å². The maximum Gasteiger partial charge on any atom is 0.251 e. The third-order valence-electron chi connectivity index (χ3n) is 2.95. The predicted molar refractivity (Wildman–Crippen MR) is 78.5 cm³/mol. The van der Waals surface area contributed by atoms with Crippen LogP contribution in [0.15, 0.2) is 42.5 Å². The quantitative estimate of drug-likeness (QED) is 0.938. The second kappa shape index (κ2) is 6.23. The number of rotatable bonds is 3. The molecule has 2 rings (SSSR count). The SMILES string of the molecule is Cc1ccc(Cl)cc1C(=O)NCc1cccc(C#N)c1. The molecule has 0 spiro atoms. The first-order valence-corrected chi connectivity index (χ1v) is 6.51. The molecule has 0 aliphatic rings. The number of carbonyl (C=O) groups excluding carboxylic acids is 1. The number of halogens is 1. The molecule has 0 fully saturated rings. The number of aryl methyl sites for hydroxylation is 1. The third kappa shape index (κ3) is 3.37. The van der Waals surface area contributed by atoms with Crippen molar-refractivity contribution in [1.29, 1.82) is 5.26 Å². The van der Waals surface area contributed by atoms with Crippen molar-refractivity contribution in [3.63, 3.8) is 0 Å². The van der Waals surface area contributed by atoms with Crippen molar-refractivity contribution in [2.75, 3.05) is 0 Å². The zero-order chi connectivity index (χ0) is 14.5. The van der Waals surface area contributed by atoms with Gasteiger partial charge in [-0.2, -0.15) is 5.26 Å². The van der Waals surface area contributed by atoms with Crippen LogP contribution in [0.2, 0.25) is 5.02 Å². The highest BCUT2D eigenvalue weighted by molar-refractivity contribution is 6.31. The lowest BCUT2D eigenvalue weighted by Gasteiger charge is -2.08. The van der Waals surface area contributed by atoms with Crippen molar-refractivity contribution in [2.24, 2.45) is 0 Å². The predicted octanol–water partition coefficient (Wildman–Crippen LogP) is 3.45. The van der Waals surface area contributed by atoms with Crippen molar-refractivity contribution in [3.8, 4) is 6.07 Å². The van der Waals surface area contributed by atoms with Crippen molar-refractivity contribution in [1.82, 2.24) is 5.32 Å². The molecule has 0 saturated heterocycles. The Bertz CT molecular complexity index is 689. The largest absolute Gasteiger partial charge is 0.348 e. The second-order valence-corrected chi connectivity index (χ2v) is 4.89. The summed E-state index contributed by atoms with van der Waals surface area (Å²) >= 11 is 5.90. The van der Waals surface area contributed by atoms with Crippen LogP contribution in [0.1, 0.15) is 27.0 Å². The minimum Gasteiger partial charge on any atom is -0.348 e. The van der Waals surface area contributed by atoms with Crippen molar-refractivity contribution in [2.45, 2.75) is 13.5 Å². The second-order valence-electron chi connectivity index (χ2n) is 4.45. The van der Waals surface area contributed by atoms with Gasteiger partial charge in [-0.15, -0.1) is 0 Å². The lowest BCUT2D eigenvalue weighted by Crippen LogP contribution is -2.23. The monoisotopic (exact) mass is 284 g/mol. The molecule has 1 N–H and O–H groups in total. The molecular weight excluding hydrogens is 272 g/mol. The molecular formula is C16H13ClN2O. The summed E-state index contributed by atoms with van der Waals surface area (Å²) in [6, 6.07) is 14.4. The van der Waals surface area contributed by atoms with Crippen LogP contribution in [0, 0.1) is 18.3 Å². The lowest BCUT2D eigenvalue weighted by atomic mass is 10.1. The summed E-state index contributed by atoms with van der Waals surface area (Å²) in [5, 5.41) is 12.2. The van der Waals surface area contributed by atoms with Gasteiger partial charge in [0, 0.05) is 17.1 Å². The van der Waals surface area contributed by atoms with Crippen LogP contribution in [-0.4, -0.2) is 5.91 Å². The zero-order valence-electron chi connectivity index (χ0n) is 11.0. The molecule has 4 heteroatoms. The minimum absolute atomic E-state index is 0.174. The summed E-state index contributed by atoms with van der Waals surface area (Å²) in [4.78, 5) is 12.1. The molecule has 0 heterocycles. The summed E-state index contributed by atoms with van der Waals surface area (Å²) in [5.74, 6) is -0.174. The number of nitrogens with one attached hydrogen (secondary N) is 1. The molecule has 0 atom stereocenters. The molecule has 0 aliphatic heterocycles. The van der Waals surface area contributed by atoms with Gasteiger partial charge in [0.25, 0.3) is 5.91 Å². The standard InChI is InChI=1S/C16H13ClN2O/c1-11-5-6-14(17)8-15(11)16(20)19-10-13-4-2-3-12(7-13)9-18/h2-8H,10H2,1H3,(H,19,20). The Hall–Kier alpha value is -2.31.